The van der Waals surface area contributed by atoms with Crippen molar-refractivity contribution in [3.63, 3.8) is 0 Å². The fraction of sp³-hybridized carbons (Fsp3) is 0.571. The summed E-state index contributed by atoms with van der Waals surface area (Å²) in [6, 6.07) is 7.49. The van der Waals surface area contributed by atoms with E-state index in [0.717, 1.165) is 12.0 Å². The minimum absolute atomic E-state index is 0.0263. The van der Waals surface area contributed by atoms with E-state index in [9.17, 15) is 10.2 Å². The lowest BCUT2D eigenvalue weighted by Gasteiger charge is -2.35. The molecule has 0 aliphatic heterocycles. The molecule has 19 heavy (non-hydrogen) atoms. The predicted molar refractivity (Wildman–Crippen MR) is 78.2 cm³/mol. The molecule has 2 unspecified atom stereocenters. The monoisotopic (exact) mass is 286 g/mol. The van der Waals surface area contributed by atoms with Gasteiger partial charge in [-0.15, -0.1) is 0 Å². The van der Waals surface area contributed by atoms with E-state index >= 15 is 0 Å². The van der Waals surface area contributed by atoms with Crippen LogP contribution < -0.4 is 5.73 Å². The molecule has 0 heterocycles. The standard InChI is InChI=1S/C14H23ClN2O2/c1-2-13(16)14(17(7-9-18)8-10-19)11-3-5-12(15)6-4-11/h3-6,13-14,18-19H,2,7-10,16H2,1H3. The number of aliphatic hydroxyl groups is 2. The van der Waals surface area contributed by atoms with Crippen LogP contribution in [0.25, 0.3) is 0 Å². The fourth-order valence-corrected chi connectivity index (χ4v) is 2.38. The predicted octanol–water partition coefficient (Wildman–Crippen LogP) is 1.41. The zero-order chi connectivity index (χ0) is 14.3. The second-order valence-electron chi connectivity index (χ2n) is 4.55. The third-order valence-electron chi connectivity index (χ3n) is 3.26. The minimum Gasteiger partial charge on any atom is -0.395 e. The summed E-state index contributed by atoms with van der Waals surface area (Å²) >= 11 is 5.91. The third-order valence-corrected chi connectivity index (χ3v) is 3.51. The van der Waals surface area contributed by atoms with Crippen LogP contribution in [0.4, 0.5) is 0 Å². The lowest BCUT2D eigenvalue weighted by atomic mass is 9.96. The van der Waals surface area contributed by atoms with E-state index in [-0.39, 0.29) is 25.3 Å². The molecule has 2 atom stereocenters. The highest BCUT2D eigenvalue weighted by Gasteiger charge is 2.25. The Morgan fingerprint density at radius 3 is 2.11 bits per heavy atom. The third kappa shape index (κ3) is 4.75. The van der Waals surface area contributed by atoms with Crippen LogP contribution in [0, 0.1) is 0 Å². The molecule has 0 spiro atoms. The molecular formula is C14H23ClN2O2. The number of nitrogens with zero attached hydrogens (tertiary/aromatic N) is 1. The molecule has 1 aromatic carbocycles. The van der Waals surface area contributed by atoms with Crippen molar-refractivity contribution in [1.29, 1.82) is 0 Å². The van der Waals surface area contributed by atoms with Crippen molar-refractivity contribution in [2.45, 2.75) is 25.4 Å². The number of hydrogen-bond acceptors (Lipinski definition) is 4. The summed E-state index contributed by atoms with van der Waals surface area (Å²) in [5.41, 5.74) is 7.27. The van der Waals surface area contributed by atoms with Gasteiger partial charge >= 0.3 is 0 Å². The summed E-state index contributed by atoms with van der Waals surface area (Å²) in [6.07, 6.45) is 0.820. The summed E-state index contributed by atoms with van der Waals surface area (Å²) in [7, 11) is 0. The lowest BCUT2D eigenvalue weighted by molar-refractivity contribution is 0.107. The number of aliphatic hydroxyl groups excluding tert-OH is 2. The van der Waals surface area contributed by atoms with Gasteiger partial charge in [0.05, 0.1) is 19.3 Å². The SMILES string of the molecule is CCC(N)C(c1ccc(Cl)cc1)N(CCO)CCO. The van der Waals surface area contributed by atoms with E-state index in [1.54, 1.807) is 0 Å². The van der Waals surface area contributed by atoms with Crippen molar-refractivity contribution >= 4 is 11.6 Å². The van der Waals surface area contributed by atoms with Crippen LogP contribution in [0.2, 0.25) is 5.02 Å². The molecule has 5 heteroatoms. The van der Waals surface area contributed by atoms with E-state index < -0.39 is 0 Å². The van der Waals surface area contributed by atoms with Crippen LogP contribution in [0.15, 0.2) is 24.3 Å². The summed E-state index contributed by atoms with van der Waals surface area (Å²) in [5, 5.41) is 19.0. The summed E-state index contributed by atoms with van der Waals surface area (Å²) in [5.74, 6) is 0. The van der Waals surface area contributed by atoms with Crippen LogP contribution in [0.5, 0.6) is 0 Å². The van der Waals surface area contributed by atoms with E-state index in [2.05, 4.69) is 0 Å². The average Bonchev–Trinajstić information content (AvgIpc) is 2.41. The first kappa shape index (κ1) is 16.4. The van der Waals surface area contributed by atoms with Gasteiger partial charge in [0, 0.05) is 24.2 Å². The second-order valence-corrected chi connectivity index (χ2v) is 4.99. The highest BCUT2D eigenvalue weighted by molar-refractivity contribution is 6.30. The smallest absolute Gasteiger partial charge is 0.0558 e. The Morgan fingerprint density at radius 1 is 1.16 bits per heavy atom. The molecule has 4 N–H and O–H groups in total. The molecule has 4 nitrogen and oxygen atoms in total. The van der Waals surface area contributed by atoms with Crippen LogP contribution in [0.3, 0.4) is 0 Å². The second kappa shape index (κ2) is 8.51. The topological polar surface area (TPSA) is 69.7 Å². The van der Waals surface area contributed by atoms with Crippen LogP contribution in [-0.4, -0.2) is 47.5 Å². The molecule has 108 valence electrons. The number of hydrogen-bond donors (Lipinski definition) is 3. The molecule has 0 aliphatic carbocycles. The highest BCUT2D eigenvalue weighted by Crippen LogP contribution is 2.26. The maximum absolute atomic E-state index is 9.17. The molecule has 0 aliphatic rings. The minimum atomic E-state index is -0.0562. The molecule has 0 aromatic heterocycles. The number of rotatable bonds is 8. The molecule has 0 amide bonds. The summed E-state index contributed by atoms with van der Waals surface area (Å²) < 4.78 is 0. The highest BCUT2D eigenvalue weighted by atomic mass is 35.5. The molecular weight excluding hydrogens is 264 g/mol. The zero-order valence-electron chi connectivity index (χ0n) is 11.3. The maximum Gasteiger partial charge on any atom is 0.0558 e. The largest absolute Gasteiger partial charge is 0.395 e. The van der Waals surface area contributed by atoms with Crippen molar-refractivity contribution in [2.24, 2.45) is 5.73 Å². The molecule has 0 radical (unpaired) electrons. The van der Waals surface area contributed by atoms with Crippen LogP contribution >= 0.6 is 11.6 Å². The number of nitrogens with two attached hydrogens (primary N) is 1. The van der Waals surface area contributed by atoms with Gasteiger partial charge in [0.15, 0.2) is 0 Å². The Bertz CT molecular complexity index is 353. The molecule has 1 rings (SSSR count). The quantitative estimate of drug-likeness (QED) is 0.676. The van der Waals surface area contributed by atoms with Crippen molar-refractivity contribution in [3.8, 4) is 0 Å². The Labute approximate surface area is 119 Å². The van der Waals surface area contributed by atoms with E-state index in [1.807, 2.05) is 36.1 Å². The first-order valence-electron chi connectivity index (χ1n) is 6.60. The Balaban J connectivity index is 3.00. The Kier molecular flexibility index (Phi) is 7.34. The molecule has 0 bridgehead atoms. The van der Waals surface area contributed by atoms with Crippen molar-refractivity contribution < 1.29 is 10.2 Å². The van der Waals surface area contributed by atoms with Gasteiger partial charge in [-0.1, -0.05) is 30.7 Å². The van der Waals surface area contributed by atoms with Gasteiger partial charge in [0.1, 0.15) is 0 Å². The first-order chi connectivity index (χ1) is 9.13. The van der Waals surface area contributed by atoms with Crippen molar-refractivity contribution in [2.75, 3.05) is 26.3 Å². The van der Waals surface area contributed by atoms with E-state index in [4.69, 9.17) is 17.3 Å². The number of benzene rings is 1. The van der Waals surface area contributed by atoms with Gasteiger partial charge in [-0.2, -0.15) is 0 Å². The van der Waals surface area contributed by atoms with Gasteiger partial charge < -0.3 is 15.9 Å². The average molecular weight is 287 g/mol. The summed E-state index contributed by atoms with van der Waals surface area (Å²) in [6.45, 7) is 3.09. The Morgan fingerprint density at radius 2 is 1.68 bits per heavy atom. The van der Waals surface area contributed by atoms with Crippen LogP contribution in [-0.2, 0) is 0 Å². The van der Waals surface area contributed by atoms with Gasteiger partial charge in [-0.25, -0.2) is 0 Å². The zero-order valence-corrected chi connectivity index (χ0v) is 12.1. The molecule has 0 saturated carbocycles. The molecule has 1 aromatic rings. The van der Waals surface area contributed by atoms with E-state index in [1.165, 1.54) is 0 Å². The normalized spacial score (nSPS) is 14.6. The van der Waals surface area contributed by atoms with Gasteiger partial charge in [0.25, 0.3) is 0 Å². The molecule has 0 fully saturated rings. The maximum atomic E-state index is 9.17. The lowest BCUT2D eigenvalue weighted by Crippen LogP contribution is -2.43. The van der Waals surface area contributed by atoms with Gasteiger partial charge in [-0.05, 0) is 24.1 Å². The van der Waals surface area contributed by atoms with Crippen molar-refractivity contribution in [1.82, 2.24) is 4.90 Å². The molecule has 0 saturated heterocycles. The Hall–Kier alpha value is -0.650. The van der Waals surface area contributed by atoms with Crippen LogP contribution in [0.1, 0.15) is 24.9 Å². The fourth-order valence-electron chi connectivity index (χ4n) is 2.26. The van der Waals surface area contributed by atoms with Gasteiger partial charge in [0.2, 0.25) is 0 Å². The van der Waals surface area contributed by atoms with Gasteiger partial charge in [-0.3, -0.25) is 4.90 Å². The summed E-state index contributed by atoms with van der Waals surface area (Å²) in [4.78, 5) is 2.01. The van der Waals surface area contributed by atoms with E-state index in [0.29, 0.717) is 18.1 Å². The number of halogens is 1. The van der Waals surface area contributed by atoms with Crippen molar-refractivity contribution in [3.05, 3.63) is 34.9 Å². The first-order valence-corrected chi connectivity index (χ1v) is 6.98.